The van der Waals surface area contributed by atoms with Gasteiger partial charge in [-0.25, -0.2) is 4.39 Å². The summed E-state index contributed by atoms with van der Waals surface area (Å²) in [6, 6.07) is 7.22. The highest BCUT2D eigenvalue weighted by Crippen LogP contribution is 2.32. The first-order valence-electron chi connectivity index (χ1n) is 11.5. The number of fused-ring (bicyclic) bond motifs is 2. The lowest BCUT2D eigenvalue weighted by Crippen LogP contribution is -2.44. The lowest BCUT2D eigenvalue weighted by Gasteiger charge is -2.31. The molecule has 2 aliphatic rings. The molecule has 2 aliphatic heterocycles. The Bertz CT molecular complexity index is 1150. The molecule has 4 heterocycles. The molecule has 180 valence electrons. The molecule has 8 nitrogen and oxygen atoms in total. The predicted molar refractivity (Wildman–Crippen MR) is 122 cm³/mol. The first-order chi connectivity index (χ1) is 16.6. The Morgan fingerprint density at radius 1 is 1.21 bits per heavy atom. The summed E-state index contributed by atoms with van der Waals surface area (Å²) in [6.45, 7) is 2.17. The van der Waals surface area contributed by atoms with E-state index in [0.29, 0.717) is 36.4 Å². The summed E-state index contributed by atoms with van der Waals surface area (Å²) in [5.74, 6) is 0.859. The number of hydrogen-bond donors (Lipinski definition) is 2. The lowest BCUT2D eigenvalue weighted by atomic mass is 10.0. The van der Waals surface area contributed by atoms with Crippen LogP contribution in [0.3, 0.4) is 0 Å². The highest BCUT2D eigenvalue weighted by atomic mass is 19.1. The Kier molecular flexibility index (Phi) is 6.87. The van der Waals surface area contributed by atoms with E-state index in [4.69, 9.17) is 18.9 Å². The minimum Gasteiger partial charge on any atom is -0.497 e. The van der Waals surface area contributed by atoms with Gasteiger partial charge in [-0.1, -0.05) is 0 Å². The second-order valence-electron chi connectivity index (χ2n) is 8.56. The van der Waals surface area contributed by atoms with E-state index < -0.39 is 18.2 Å². The van der Waals surface area contributed by atoms with Crippen molar-refractivity contribution < 1.29 is 28.4 Å². The van der Waals surface area contributed by atoms with E-state index >= 15 is 0 Å². The zero-order valence-corrected chi connectivity index (χ0v) is 19.0. The molecule has 0 aliphatic carbocycles. The molecule has 9 heteroatoms. The van der Waals surface area contributed by atoms with Gasteiger partial charge in [0.2, 0.25) is 0 Å². The van der Waals surface area contributed by atoms with Crippen molar-refractivity contribution in [3.8, 4) is 11.5 Å². The minimum atomic E-state index is -1.12. The van der Waals surface area contributed by atoms with Crippen molar-refractivity contribution in [3.63, 3.8) is 0 Å². The SMILES string of the molecule is COc1ccc2ncc(F)c([C@@H](O)C[C@H]3OC[C@H](NCc4cc5c(cn4)OCCC5)CO3)c2c1. The van der Waals surface area contributed by atoms with E-state index in [1.165, 1.54) is 12.7 Å². The maximum Gasteiger partial charge on any atom is 0.160 e. The summed E-state index contributed by atoms with van der Waals surface area (Å²) in [7, 11) is 1.54. The molecule has 0 bridgehead atoms. The average molecular weight is 470 g/mol. The number of pyridine rings is 2. The first-order valence-corrected chi connectivity index (χ1v) is 11.5. The number of aliphatic hydroxyl groups is 1. The van der Waals surface area contributed by atoms with E-state index in [1.807, 2.05) is 0 Å². The van der Waals surface area contributed by atoms with Crippen LogP contribution >= 0.6 is 0 Å². The van der Waals surface area contributed by atoms with Crippen LogP contribution < -0.4 is 14.8 Å². The van der Waals surface area contributed by atoms with Gasteiger partial charge >= 0.3 is 0 Å². The quantitative estimate of drug-likeness (QED) is 0.545. The number of aromatic nitrogens is 2. The van der Waals surface area contributed by atoms with Crippen LogP contribution in [0.25, 0.3) is 10.9 Å². The third-order valence-electron chi connectivity index (χ3n) is 6.21. The molecule has 3 aromatic rings. The van der Waals surface area contributed by atoms with E-state index in [2.05, 4.69) is 21.4 Å². The van der Waals surface area contributed by atoms with E-state index in [9.17, 15) is 9.50 Å². The average Bonchev–Trinajstić information content (AvgIpc) is 2.87. The molecule has 1 fully saturated rings. The molecule has 1 atom stereocenters. The van der Waals surface area contributed by atoms with Crippen molar-refractivity contribution in [3.05, 3.63) is 59.3 Å². The molecule has 34 heavy (non-hydrogen) atoms. The highest BCUT2D eigenvalue weighted by Gasteiger charge is 2.27. The molecule has 0 unspecified atom stereocenters. The minimum absolute atomic E-state index is 0.00905. The largest absolute Gasteiger partial charge is 0.497 e. The molecule has 1 saturated heterocycles. The second kappa shape index (κ2) is 10.2. The van der Waals surface area contributed by atoms with Gasteiger partial charge in [0.25, 0.3) is 0 Å². The standard InChI is InChI=1S/C25H28FN3O5/c1-31-18-4-5-21-19(8-18)25(20(26)11-29-21)22(30)9-24-33-13-17(14-34-24)27-10-16-7-15-3-2-6-32-23(15)12-28-16/h4-5,7-8,11-12,17,22,24,27,30H,2-3,6,9-10,13-14H2,1H3/t17-,22-,24-/m0/s1. The third-order valence-corrected chi connectivity index (χ3v) is 6.21. The summed E-state index contributed by atoms with van der Waals surface area (Å²) in [5.41, 5.74) is 2.88. The number of nitrogens with one attached hydrogen (secondary N) is 1. The number of methoxy groups -OCH3 is 1. The summed E-state index contributed by atoms with van der Waals surface area (Å²) >= 11 is 0. The molecular weight excluding hydrogens is 441 g/mol. The van der Waals surface area contributed by atoms with Gasteiger partial charge in [0.1, 0.15) is 17.3 Å². The van der Waals surface area contributed by atoms with Crippen LogP contribution in [0.2, 0.25) is 0 Å². The number of ether oxygens (including phenoxy) is 4. The Hall–Kier alpha value is -2.85. The van der Waals surface area contributed by atoms with Gasteiger partial charge < -0.3 is 29.4 Å². The summed E-state index contributed by atoms with van der Waals surface area (Å²) in [6.07, 6.45) is 3.28. The Labute approximate surface area is 197 Å². The van der Waals surface area contributed by atoms with Crippen LogP contribution in [-0.2, 0) is 22.4 Å². The second-order valence-corrected chi connectivity index (χ2v) is 8.56. The maximum atomic E-state index is 14.6. The number of aliphatic hydroxyl groups excluding tert-OH is 1. The topological polar surface area (TPSA) is 95.0 Å². The fraction of sp³-hybridized carbons (Fsp3) is 0.440. The smallest absolute Gasteiger partial charge is 0.160 e. The van der Waals surface area contributed by atoms with Crippen LogP contribution in [0.1, 0.15) is 35.8 Å². The Morgan fingerprint density at radius 2 is 2.06 bits per heavy atom. The lowest BCUT2D eigenvalue weighted by molar-refractivity contribution is -0.202. The normalized spacial score (nSPS) is 21.0. The molecule has 5 rings (SSSR count). The summed E-state index contributed by atoms with van der Waals surface area (Å²) in [5, 5.41) is 14.7. The van der Waals surface area contributed by atoms with Gasteiger partial charge in [-0.15, -0.1) is 0 Å². The molecule has 2 N–H and O–H groups in total. The molecule has 0 spiro atoms. The highest BCUT2D eigenvalue weighted by molar-refractivity contribution is 5.84. The summed E-state index contributed by atoms with van der Waals surface area (Å²) < 4.78 is 37.1. The molecule has 0 amide bonds. The molecule has 0 saturated carbocycles. The van der Waals surface area contributed by atoms with Crippen LogP contribution in [0.4, 0.5) is 4.39 Å². The van der Waals surface area contributed by atoms with Crippen molar-refractivity contribution in [2.24, 2.45) is 0 Å². The number of benzene rings is 1. The molecule has 0 radical (unpaired) electrons. The number of hydrogen-bond acceptors (Lipinski definition) is 8. The van der Waals surface area contributed by atoms with Crippen LogP contribution in [0.5, 0.6) is 11.5 Å². The van der Waals surface area contributed by atoms with Gasteiger partial charge in [-0.05, 0) is 42.7 Å². The van der Waals surface area contributed by atoms with Gasteiger partial charge in [0.15, 0.2) is 6.29 Å². The molecular formula is C25H28FN3O5. The first kappa shape index (κ1) is 22.9. The molecule has 1 aromatic carbocycles. The van der Waals surface area contributed by atoms with Gasteiger partial charge in [-0.3, -0.25) is 9.97 Å². The number of aryl methyl sites for hydroxylation is 1. The number of nitrogens with zero attached hydrogens (tertiary/aromatic N) is 2. The monoisotopic (exact) mass is 469 g/mol. The third kappa shape index (κ3) is 4.97. The van der Waals surface area contributed by atoms with Crippen molar-refractivity contribution in [1.82, 2.24) is 15.3 Å². The Morgan fingerprint density at radius 3 is 2.88 bits per heavy atom. The van der Waals surface area contributed by atoms with Crippen molar-refractivity contribution in [2.75, 3.05) is 26.9 Å². The van der Waals surface area contributed by atoms with E-state index in [-0.39, 0.29) is 18.0 Å². The zero-order chi connectivity index (χ0) is 23.5. The number of rotatable bonds is 7. The van der Waals surface area contributed by atoms with Crippen molar-refractivity contribution >= 4 is 10.9 Å². The van der Waals surface area contributed by atoms with Gasteiger partial charge in [0, 0.05) is 23.9 Å². The number of halogens is 1. The maximum absolute atomic E-state index is 14.6. The summed E-state index contributed by atoms with van der Waals surface area (Å²) in [4.78, 5) is 8.56. The van der Waals surface area contributed by atoms with Crippen LogP contribution in [0, 0.1) is 5.82 Å². The van der Waals surface area contributed by atoms with Crippen LogP contribution in [0.15, 0.2) is 36.7 Å². The zero-order valence-electron chi connectivity index (χ0n) is 19.0. The Balaban J connectivity index is 1.16. The van der Waals surface area contributed by atoms with Crippen molar-refractivity contribution in [1.29, 1.82) is 0 Å². The van der Waals surface area contributed by atoms with Crippen molar-refractivity contribution in [2.45, 2.75) is 44.2 Å². The fourth-order valence-electron chi connectivity index (χ4n) is 4.38. The fourth-order valence-corrected chi connectivity index (χ4v) is 4.38. The predicted octanol–water partition coefficient (Wildman–Crippen LogP) is 3.06. The molecule has 2 aromatic heterocycles. The van der Waals surface area contributed by atoms with E-state index in [0.717, 1.165) is 37.1 Å². The van der Waals surface area contributed by atoms with Crippen LogP contribution in [-0.4, -0.2) is 54.3 Å². The van der Waals surface area contributed by atoms with Gasteiger partial charge in [0.05, 0.1) is 62.7 Å². The van der Waals surface area contributed by atoms with Gasteiger partial charge in [-0.2, -0.15) is 0 Å². The van der Waals surface area contributed by atoms with E-state index in [1.54, 1.807) is 24.4 Å².